The number of ketones is 1. The van der Waals surface area contributed by atoms with E-state index in [1.165, 1.54) is 47.5 Å². The molecule has 5 rings (SSSR count). The highest BCUT2D eigenvalue weighted by Gasteiger charge is 2.41. The first-order valence-electron chi connectivity index (χ1n) is 12.3. The van der Waals surface area contributed by atoms with E-state index in [1.807, 2.05) is 4.90 Å². The molecule has 1 aliphatic rings. The molecule has 0 spiro atoms. The van der Waals surface area contributed by atoms with Crippen molar-refractivity contribution in [3.8, 4) is 17.2 Å². The van der Waals surface area contributed by atoms with E-state index in [2.05, 4.69) is 9.97 Å². The van der Waals surface area contributed by atoms with Crippen molar-refractivity contribution in [2.45, 2.75) is 12.6 Å². The number of carbonyl (C=O) groups excluding carboxylic acids is 2. The molecule has 4 aromatic rings. The summed E-state index contributed by atoms with van der Waals surface area (Å²) in [6, 6.07) is 16.4. The number of nitrogens with zero attached hydrogens (tertiary/aromatic N) is 4. The Hall–Kier alpha value is -4.74. The highest BCUT2D eigenvalue weighted by atomic mass is 19.4. The van der Waals surface area contributed by atoms with Gasteiger partial charge in [-0.2, -0.15) is 13.2 Å². The molecule has 2 aromatic heterocycles. The molecule has 2 aromatic carbocycles. The zero-order valence-corrected chi connectivity index (χ0v) is 20.9. The van der Waals surface area contributed by atoms with Crippen molar-refractivity contribution in [3.05, 3.63) is 95.8 Å². The number of alkyl halides is 3. The van der Waals surface area contributed by atoms with Crippen LogP contribution in [0, 0.1) is 5.82 Å². The third-order valence-corrected chi connectivity index (χ3v) is 6.22. The molecule has 1 aliphatic heterocycles. The van der Waals surface area contributed by atoms with Crippen molar-refractivity contribution in [2.75, 3.05) is 31.1 Å². The Balaban J connectivity index is 1.20. The summed E-state index contributed by atoms with van der Waals surface area (Å²) in [6.45, 7) is 1.63. The number of rotatable bonds is 6. The highest BCUT2D eigenvalue weighted by Crippen LogP contribution is 2.35. The van der Waals surface area contributed by atoms with Gasteiger partial charge in [-0.1, -0.05) is 24.3 Å². The Bertz CT molecular complexity index is 1480. The van der Waals surface area contributed by atoms with Gasteiger partial charge in [-0.15, -0.1) is 0 Å². The Kier molecular flexibility index (Phi) is 7.50. The molecule has 12 heteroatoms. The minimum atomic E-state index is -4.89. The molecule has 1 fully saturated rings. The number of Topliss-reactive ketones (excluding diaryl/α,β-unsaturated/α-hetero) is 1. The average molecular weight is 555 g/mol. The number of aromatic nitrogens is 2. The molecule has 0 saturated carbocycles. The molecule has 3 heterocycles. The molecule has 1 saturated heterocycles. The second-order valence-corrected chi connectivity index (χ2v) is 8.98. The lowest BCUT2D eigenvalue weighted by Crippen LogP contribution is -2.49. The summed E-state index contributed by atoms with van der Waals surface area (Å²) >= 11 is 0. The van der Waals surface area contributed by atoms with Crippen molar-refractivity contribution in [3.63, 3.8) is 0 Å². The molecule has 0 N–H and O–H groups in total. The molecule has 0 unspecified atom stereocenters. The van der Waals surface area contributed by atoms with Crippen LogP contribution >= 0.6 is 0 Å². The quantitative estimate of drug-likeness (QED) is 0.225. The summed E-state index contributed by atoms with van der Waals surface area (Å²) < 4.78 is 64.0. The van der Waals surface area contributed by atoms with Crippen molar-refractivity contribution in [2.24, 2.45) is 0 Å². The number of halogens is 4. The largest absolute Gasteiger partial charge is 0.452 e. The maximum absolute atomic E-state index is 13.6. The van der Waals surface area contributed by atoms with Gasteiger partial charge < -0.3 is 19.0 Å². The minimum absolute atomic E-state index is 0.241. The number of carbonyl (C=O) groups is 2. The van der Waals surface area contributed by atoms with E-state index in [0.717, 1.165) is 0 Å². The van der Waals surface area contributed by atoms with Crippen LogP contribution in [0.5, 0.6) is 5.75 Å². The van der Waals surface area contributed by atoms with Crippen LogP contribution in [0.25, 0.3) is 11.5 Å². The number of pyridine rings is 1. The van der Waals surface area contributed by atoms with E-state index in [0.29, 0.717) is 43.1 Å². The van der Waals surface area contributed by atoms with E-state index in [9.17, 15) is 27.2 Å². The number of oxazole rings is 1. The summed E-state index contributed by atoms with van der Waals surface area (Å²) in [7, 11) is 0. The molecule has 1 amide bonds. The fourth-order valence-electron chi connectivity index (χ4n) is 4.17. The highest BCUT2D eigenvalue weighted by molar-refractivity contribution is 5.97. The summed E-state index contributed by atoms with van der Waals surface area (Å²) in [4.78, 5) is 36.9. The number of ether oxygens (including phenoxy) is 1. The topological polar surface area (TPSA) is 88.8 Å². The third kappa shape index (κ3) is 6.11. The van der Waals surface area contributed by atoms with Gasteiger partial charge in [0.15, 0.2) is 11.5 Å². The van der Waals surface area contributed by atoms with Gasteiger partial charge in [0.25, 0.3) is 0 Å². The fourth-order valence-corrected chi connectivity index (χ4v) is 4.17. The van der Waals surface area contributed by atoms with Crippen LogP contribution in [0.3, 0.4) is 0 Å². The second-order valence-electron chi connectivity index (χ2n) is 8.98. The molecular formula is C28H22F4N4O4. The van der Waals surface area contributed by atoms with E-state index < -0.39 is 35.3 Å². The van der Waals surface area contributed by atoms with Gasteiger partial charge in [-0.05, 0) is 48.0 Å². The molecule has 0 radical (unpaired) electrons. The number of hydrogen-bond donors (Lipinski definition) is 0. The summed E-state index contributed by atoms with van der Waals surface area (Å²) in [6.07, 6.45) is -4.36. The predicted octanol–water partition coefficient (Wildman–Crippen LogP) is 5.64. The summed E-state index contributed by atoms with van der Waals surface area (Å²) in [5.41, 5.74) is -0.0476. The van der Waals surface area contributed by atoms with Gasteiger partial charge in [-0.3, -0.25) is 4.79 Å². The van der Waals surface area contributed by atoms with Crippen molar-refractivity contribution in [1.29, 1.82) is 0 Å². The maximum atomic E-state index is 13.6. The predicted molar refractivity (Wildman–Crippen MR) is 135 cm³/mol. The van der Waals surface area contributed by atoms with Crippen LogP contribution in [0.15, 0.2) is 77.3 Å². The Morgan fingerprint density at radius 2 is 1.62 bits per heavy atom. The Morgan fingerprint density at radius 1 is 0.925 bits per heavy atom. The van der Waals surface area contributed by atoms with E-state index in [1.54, 1.807) is 30.3 Å². The zero-order valence-electron chi connectivity index (χ0n) is 20.9. The lowest BCUT2D eigenvalue weighted by atomic mass is 10.1. The van der Waals surface area contributed by atoms with Crippen LogP contribution in [-0.2, 0) is 12.6 Å². The fraction of sp³-hybridized carbons (Fsp3) is 0.214. The minimum Gasteiger partial charge on any atom is -0.431 e. The maximum Gasteiger partial charge on any atom is 0.452 e. The zero-order chi connectivity index (χ0) is 28.3. The molecule has 8 nitrogen and oxygen atoms in total. The average Bonchev–Trinajstić information content (AvgIpc) is 3.42. The van der Waals surface area contributed by atoms with Crippen LogP contribution in [0.2, 0.25) is 0 Å². The Labute approximate surface area is 225 Å². The number of hydrogen-bond acceptors (Lipinski definition) is 7. The first-order chi connectivity index (χ1) is 19.2. The summed E-state index contributed by atoms with van der Waals surface area (Å²) in [5.74, 6) is -2.17. The smallest absolute Gasteiger partial charge is 0.431 e. The molecular weight excluding hydrogens is 532 g/mol. The summed E-state index contributed by atoms with van der Waals surface area (Å²) in [5, 5.41) is 0. The number of amides is 1. The van der Waals surface area contributed by atoms with E-state index in [-0.39, 0.29) is 18.1 Å². The third-order valence-electron chi connectivity index (χ3n) is 6.22. The van der Waals surface area contributed by atoms with Gasteiger partial charge in [0.2, 0.25) is 11.7 Å². The van der Waals surface area contributed by atoms with Crippen LogP contribution in [-0.4, -0.2) is 52.9 Å². The van der Waals surface area contributed by atoms with Crippen molar-refractivity contribution in [1.82, 2.24) is 14.9 Å². The number of piperazine rings is 1. The standard InChI is InChI=1S/C28H22F4N4O4/c29-20-7-9-21(10-8-20)39-27(38)36-14-12-35(13-15-36)23-11-6-18(17-33-23)16-22(37)24-25(28(30,31)32)40-26(34-24)19-4-2-1-3-5-19/h1-11,17H,12-16H2. The first-order valence-corrected chi connectivity index (χ1v) is 12.3. The first kappa shape index (κ1) is 26.9. The van der Waals surface area contributed by atoms with Gasteiger partial charge in [0.05, 0.1) is 0 Å². The number of benzene rings is 2. The lowest BCUT2D eigenvalue weighted by molar-refractivity contribution is -0.153. The molecule has 0 bridgehead atoms. The van der Waals surface area contributed by atoms with Gasteiger partial charge in [0.1, 0.15) is 17.4 Å². The van der Waals surface area contributed by atoms with Gasteiger partial charge in [0, 0.05) is 44.4 Å². The van der Waals surface area contributed by atoms with Gasteiger partial charge >= 0.3 is 12.3 Å². The van der Waals surface area contributed by atoms with Crippen molar-refractivity contribution >= 4 is 17.7 Å². The van der Waals surface area contributed by atoms with E-state index in [4.69, 9.17) is 9.15 Å². The molecule has 206 valence electrons. The van der Waals surface area contributed by atoms with Crippen LogP contribution in [0.1, 0.15) is 21.8 Å². The van der Waals surface area contributed by atoms with Crippen molar-refractivity contribution < 1.29 is 36.3 Å². The molecule has 40 heavy (non-hydrogen) atoms. The van der Waals surface area contributed by atoms with E-state index >= 15 is 0 Å². The molecule has 0 aliphatic carbocycles. The van der Waals surface area contributed by atoms with Crippen LogP contribution < -0.4 is 9.64 Å². The normalized spacial score (nSPS) is 13.8. The second kappa shape index (κ2) is 11.2. The Morgan fingerprint density at radius 3 is 2.25 bits per heavy atom. The lowest BCUT2D eigenvalue weighted by Gasteiger charge is -2.34. The van der Waals surface area contributed by atoms with Crippen LogP contribution in [0.4, 0.5) is 28.2 Å². The SMILES string of the molecule is O=C(Cc1ccc(N2CCN(C(=O)Oc3ccc(F)cc3)CC2)nc1)c1nc(-c2ccccc2)oc1C(F)(F)F. The monoisotopic (exact) mass is 554 g/mol. The van der Waals surface area contributed by atoms with Gasteiger partial charge in [-0.25, -0.2) is 19.2 Å². The number of anilines is 1. The molecule has 0 atom stereocenters.